The van der Waals surface area contributed by atoms with Crippen LogP contribution in [0.5, 0.6) is 51.7 Å². The van der Waals surface area contributed by atoms with Crippen LogP contribution in [0.15, 0.2) is 35.2 Å². The molecule has 0 aliphatic carbocycles. The van der Waals surface area contributed by atoms with Crippen LogP contribution in [0.1, 0.15) is 48.4 Å². The van der Waals surface area contributed by atoms with Gasteiger partial charge in [0.25, 0.3) is 5.91 Å². The van der Waals surface area contributed by atoms with Crippen molar-refractivity contribution in [1.29, 1.82) is 0 Å². The van der Waals surface area contributed by atoms with Gasteiger partial charge in [-0.05, 0) is 25.1 Å². The third kappa shape index (κ3) is 14.3. The molecule has 5 aliphatic rings. The summed E-state index contributed by atoms with van der Waals surface area (Å²) in [5.41, 5.74) is -0.772. The Hall–Kier alpha value is -7.08. The van der Waals surface area contributed by atoms with E-state index in [-0.39, 0.29) is 27.5 Å². The zero-order valence-corrected chi connectivity index (χ0v) is 48.6. The molecule has 22 atom stereocenters. The molecule has 0 bridgehead atoms. The molecule has 35 nitrogen and oxygen atoms in total. The smallest absolute Gasteiger partial charge is 0.338 e. The number of carbonyl (C=O) groups excluding carboxylic acids is 4. The van der Waals surface area contributed by atoms with E-state index in [4.69, 9.17) is 47.4 Å². The van der Waals surface area contributed by atoms with Crippen LogP contribution in [0.2, 0.25) is 0 Å². The molecule has 90 heavy (non-hydrogen) atoms. The van der Waals surface area contributed by atoms with Crippen molar-refractivity contribution in [1.82, 2.24) is 16.0 Å². The van der Waals surface area contributed by atoms with Crippen molar-refractivity contribution in [2.75, 3.05) is 32.6 Å². The summed E-state index contributed by atoms with van der Waals surface area (Å²) in [5, 5.41) is 191. The average molecular weight is 1300 g/mol. The molecule has 498 valence electrons. The van der Waals surface area contributed by atoms with Crippen LogP contribution in [0.3, 0.4) is 0 Å². The number of methoxy groups -OCH3 is 1. The summed E-state index contributed by atoms with van der Waals surface area (Å²) in [7, 11) is 1.02. The van der Waals surface area contributed by atoms with E-state index in [2.05, 4.69) is 16.0 Å². The Labute approximate surface area is 512 Å². The number of aromatic hydroxyl groups is 8. The number of phenolic OH excluding ortho intramolecular Hbond substituents is 8. The molecule has 20 N–H and O–H groups in total. The van der Waals surface area contributed by atoms with Gasteiger partial charge in [-0.25, -0.2) is 9.59 Å². The first-order chi connectivity index (χ1) is 42.5. The Morgan fingerprint density at radius 3 is 1.73 bits per heavy atom. The minimum Gasteiger partial charge on any atom is -0.508 e. The number of thioether (sulfide) groups is 1. The molecule has 5 heterocycles. The highest BCUT2D eigenvalue weighted by molar-refractivity contribution is 7.99. The first-order valence-electron chi connectivity index (χ1n) is 27.5. The van der Waals surface area contributed by atoms with Crippen molar-refractivity contribution in [2.24, 2.45) is 0 Å². The number of aliphatic hydroxyl groups is 8. The summed E-state index contributed by atoms with van der Waals surface area (Å²) >= 11 is 0.643. The molecule has 3 aromatic rings. The summed E-state index contributed by atoms with van der Waals surface area (Å²) in [6.07, 6.45) is -38.8. The van der Waals surface area contributed by atoms with Crippen molar-refractivity contribution >= 4 is 41.4 Å². The fraction of sp³-hybridized carbons (Fsp3) is 0.574. The van der Waals surface area contributed by atoms with Crippen LogP contribution in [0, 0.1) is 0 Å². The van der Waals surface area contributed by atoms with Gasteiger partial charge >= 0.3 is 11.9 Å². The second kappa shape index (κ2) is 28.6. The van der Waals surface area contributed by atoms with Crippen molar-refractivity contribution in [3.63, 3.8) is 0 Å². The van der Waals surface area contributed by atoms with Crippen molar-refractivity contribution in [3.8, 4) is 51.7 Å². The van der Waals surface area contributed by atoms with Gasteiger partial charge in [0.15, 0.2) is 65.9 Å². The third-order valence-electron chi connectivity index (χ3n) is 15.4. The van der Waals surface area contributed by atoms with Gasteiger partial charge in [0, 0.05) is 62.9 Å². The van der Waals surface area contributed by atoms with Gasteiger partial charge in [-0.15, -0.1) is 11.8 Å². The number of aliphatic hydroxyl groups excluding tert-OH is 8. The lowest BCUT2D eigenvalue weighted by molar-refractivity contribution is -0.365. The van der Waals surface area contributed by atoms with Crippen LogP contribution >= 0.6 is 11.8 Å². The Balaban J connectivity index is 1.11. The first kappa shape index (κ1) is 68.8. The standard InChI is InChI=1S/C54H69N3O32S/c1-15-30(56-16(2)60)42(34(69)28(13-58)81-15)85-53-40(75)37(72)45(87-52-31(57-17(3)61)43(35(70)29(14-59)84-52)86-54-39(74)36(71)44(80-4)47(89-54)50(77)78)46(88-53)49(76)55-5-6-90-48-21(11-25(66)33(68)38(48)73)41-27(12-20-22(63)9-19(62)10-26(20)82-41)83-51(79)18-7-23(64)32(67)24(65)8-18/h7-11,15,27-31,34-37,39-47,52-54,58-59,62-75H,5-6,12-14H2,1-4H3,(H,55,76)(H,56,60)(H,57,61)(H,77,78)/t15?,27-,28?,29?,30?,31?,34?,35?,36?,37?,39?,40?,41-,42?,43?,44?,45?,46?,47?,52?,53?,54?/m1/s1. The molecule has 3 amide bonds. The third-order valence-corrected chi connectivity index (χ3v) is 16.5. The van der Waals surface area contributed by atoms with Crippen molar-refractivity contribution < 1.29 is 158 Å². The number of phenols is 8. The number of carboxylic acid groups (broad SMARTS) is 1. The van der Waals surface area contributed by atoms with Gasteiger partial charge in [0.1, 0.15) is 103 Å². The number of hydrogen-bond acceptors (Lipinski definition) is 32. The maximum Gasteiger partial charge on any atom is 0.338 e. The maximum atomic E-state index is 14.8. The topological polar surface area (TPSA) is 558 Å². The molecular formula is C54H69N3O32S. The predicted molar refractivity (Wildman–Crippen MR) is 291 cm³/mol. The van der Waals surface area contributed by atoms with Gasteiger partial charge in [-0.1, -0.05) is 0 Å². The number of rotatable bonds is 20. The summed E-state index contributed by atoms with van der Waals surface area (Å²) < 4.78 is 58.1. The van der Waals surface area contributed by atoms with Gasteiger partial charge in [0.05, 0.1) is 35.8 Å². The molecule has 5 aliphatic heterocycles. The van der Waals surface area contributed by atoms with Crippen LogP contribution in [-0.2, 0) is 68.2 Å². The van der Waals surface area contributed by atoms with Crippen molar-refractivity contribution in [2.45, 2.75) is 167 Å². The van der Waals surface area contributed by atoms with E-state index in [0.29, 0.717) is 11.8 Å². The largest absolute Gasteiger partial charge is 0.508 e. The Bertz CT molecular complexity index is 3090. The normalized spacial score (nSPS) is 34.2. The summed E-state index contributed by atoms with van der Waals surface area (Å²) in [6.45, 7) is 1.11. The van der Waals surface area contributed by atoms with E-state index >= 15 is 0 Å². The zero-order valence-electron chi connectivity index (χ0n) is 47.8. The molecule has 0 radical (unpaired) electrons. The molecule has 4 fully saturated rings. The highest BCUT2D eigenvalue weighted by atomic mass is 32.2. The second-order valence-corrected chi connectivity index (χ2v) is 22.6. The molecule has 4 saturated heterocycles. The monoisotopic (exact) mass is 1300 g/mol. The highest BCUT2D eigenvalue weighted by Crippen LogP contribution is 2.51. The van der Waals surface area contributed by atoms with Crippen LogP contribution < -0.4 is 20.7 Å². The number of aliphatic carboxylic acids is 1. The van der Waals surface area contributed by atoms with Crippen LogP contribution in [0.4, 0.5) is 0 Å². The van der Waals surface area contributed by atoms with E-state index in [0.717, 1.165) is 51.3 Å². The quantitative estimate of drug-likeness (QED) is 0.0218. The molecule has 3 aromatic carbocycles. The lowest BCUT2D eigenvalue weighted by Crippen LogP contribution is -2.71. The van der Waals surface area contributed by atoms with Gasteiger partial charge in [-0.2, -0.15) is 0 Å². The minimum absolute atomic E-state index is 0.0220. The molecule has 20 unspecified atom stereocenters. The van der Waals surface area contributed by atoms with E-state index in [1.165, 1.54) is 6.92 Å². The number of amides is 3. The van der Waals surface area contributed by atoms with Gasteiger partial charge in [-0.3, -0.25) is 14.4 Å². The number of carbonyl (C=O) groups is 5. The average Bonchev–Trinajstić information content (AvgIpc) is 1.43. The summed E-state index contributed by atoms with van der Waals surface area (Å²) in [5.74, 6) is -13.2. The minimum atomic E-state index is -2.38. The van der Waals surface area contributed by atoms with Crippen LogP contribution in [-0.4, -0.2) is 278 Å². The molecular weight excluding hydrogens is 1230 g/mol. The zero-order chi connectivity index (χ0) is 66.1. The SMILES string of the molecule is COC1C(C(=O)O)OC(OC2C(O)C(CO)OC(OC3C(C(=O)NCCSc4c([C@H]5Oc6cc(O)cc(O)c6C[C@H]5OC(=O)c5cc(O)c(O)c(O)c5)cc(O)c(O)c4O)OC(OC4C(O)C(CO)OC(C)C4NC(C)=O)C(O)C3O)C2NC(C)=O)C(O)C1O. The van der Waals surface area contributed by atoms with E-state index in [1.54, 1.807) is 0 Å². The van der Waals surface area contributed by atoms with Gasteiger partial charge in [0.2, 0.25) is 17.6 Å². The summed E-state index contributed by atoms with van der Waals surface area (Å²) in [4.78, 5) is 65.6. The number of ether oxygens (including phenoxy) is 10. The predicted octanol–water partition coefficient (Wildman–Crippen LogP) is -5.18. The van der Waals surface area contributed by atoms with E-state index in [1.807, 2.05) is 0 Å². The molecule has 0 spiro atoms. The Morgan fingerprint density at radius 2 is 1.16 bits per heavy atom. The lowest BCUT2D eigenvalue weighted by atomic mass is 9.92. The van der Waals surface area contributed by atoms with E-state index in [9.17, 15) is 111 Å². The first-order valence-corrected chi connectivity index (χ1v) is 28.5. The maximum absolute atomic E-state index is 14.8. The van der Waals surface area contributed by atoms with Crippen molar-refractivity contribution in [3.05, 3.63) is 47.0 Å². The number of carboxylic acids is 1. The van der Waals surface area contributed by atoms with Crippen LogP contribution in [0.25, 0.3) is 0 Å². The van der Waals surface area contributed by atoms with E-state index < -0.39 is 242 Å². The van der Waals surface area contributed by atoms with Gasteiger partial charge < -0.3 is 150 Å². The number of fused-ring (bicyclic) bond motifs is 1. The fourth-order valence-electron chi connectivity index (χ4n) is 11.0. The molecule has 0 saturated carbocycles. The Morgan fingerprint density at radius 1 is 0.611 bits per heavy atom. The molecule has 0 aromatic heterocycles. The molecule has 36 heteroatoms. The number of benzene rings is 3. The Kier molecular flexibility index (Phi) is 21.9. The number of esters is 1. The summed E-state index contributed by atoms with van der Waals surface area (Å²) in [6, 6.07) is 1.29. The second-order valence-electron chi connectivity index (χ2n) is 21.5. The number of nitrogens with one attached hydrogen (secondary N) is 3. The number of hydrogen-bond donors (Lipinski definition) is 20. The molecule has 8 rings (SSSR count). The highest BCUT2D eigenvalue weighted by Gasteiger charge is 2.58. The fourth-order valence-corrected chi connectivity index (χ4v) is 12.0. The lowest BCUT2D eigenvalue weighted by Gasteiger charge is -2.50.